The molecule has 26 heavy (non-hydrogen) atoms. The Kier molecular flexibility index (Phi) is 5.82. The van der Waals surface area contributed by atoms with Gasteiger partial charge in [0.2, 0.25) is 5.91 Å². The van der Waals surface area contributed by atoms with Crippen LogP contribution < -0.4 is 5.43 Å². The van der Waals surface area contributed by atoms with E-state index in [0.717, 1.165) is 68.7 Å². The summed E-state index contributed by atoms with van der Waals surface area (Å²) < 4.78 is 5.12. The van der Waals surface area contributed by atoms with E-state index < -0.39 is 0 Å². The van der Waals surface area contributed by atoms with E-state index in [-0.39, 0.29) is 10.8 Å². The fourth-order valence-electron chi connectivity index (χ4n) is 4.43. The first-order valence-electron chi connectivity index (χ1n) is 9.65. The highest BCUT2D eigenvalue weighted by Gasteiger charge is 2.48. The Labute approximate surface area is 155 Å². The molecule has 1 N–H and O–H groups in total. The Morgan fingerprint density at radius 1 is 1.23 bits per heavy atom. The van der Waals surface area contributed by atoms with Crippen LogP contribution in [0.2, 0.25) is 0 Å². The molecule has 1 aromatic heterocycles. The highest BCUT2D eigenvalue weighted by molar-refractivity contribution is 5.84. The number of nitrogens with one attached hydrogen (secondary N) is 1. The summed E-state index contributed by atoms with van der Waals surface area (Å²) in [4.78, 5) is 32.9. The van der Waals surface area contributed by atoms with Crippen molar-refractivity contribution >= 4 is 5.91 Å². The predicted molar refractivity (Wildman–Crippen MR) is 101 cm³/mol. The van der Waals surface area contributed by atoms with Crippen LogP contribution in [-0.4, -0.2) is 60.6 Å². The van der Waals surface area contributed by atoms with Gasteiger partial charge in [-0.2, -0.15) is 0 Å². The molecule has 1 aromatic rings. The van der Waals surface area contributed by atoms with Crippen LogP contribution in [0.25, 0.3) is 0 Å². The van der Waals surface area contributed by atoms with Crippen molar-refractivity contribution in [2.24, 2.45) is 5.41 Å². The minimum Gasteiger partial charge on any atom is -0.385 e. The molecule has 1 unspecified atom stereocenters. The third kappa shape index (κ3) is 3.71. The van der Waals surface area contributed by atoms with E-state index in [2.05, 4.69) is 9.88 Å². The number of likely N-dealkylation sites (tertiary alicyclic amines) is 2. The summed E-state index contributed by atoms with van der Waals surface area (Å²) in [5, 5.41) is 0. The molecule has 0 saturated carbocycles. The number of pyridine rings is 1. The molecule has 1 amide bonds. The Balaban J connectivity index is 1.66. The van der Waals surface area contributed by atoms with E-state index in [1.54, 1.807) is 13.3 Å². The van der Waals surface area contributed by atoms with Gasteiger partial charge in [-0.1, -0.05) is 0 Å². The number of hydrogen-bond acceptors (Lipinski definition) is 4. The molecule has 1 atom stereocenters. The summed E-state index contributed by atoms with van der Waals surface area (Å²) in [6.07, 6.45) is 5.66. The first kappa shape index (κ1) is 19.1. The predicted octanol–water partition coefficient (Wildman–Crippen LogP) is 1.84. The normalized spacial score (nSPS) is 24.0. The summed E-state index contributed by atoms with van der Waals surface area (Å²) in [7, 11) is 1.70. The molecule has 6 heteroatoms. The summed E-state index contributed by atoms with van der Waals surface area (Å²) in [6, 6.07) is 0. The number of piperidine rings is 1. The lowest BCUT2D eigenvalue weighted by molar-refractivity contribution is -0.145. The number of aryl methyl sites for hydroxylation is 1. The van der Waals surface area contributed by atoms with Gasteiger partial charge < -0.3 is 14.6 Å². The maximum Gasteiger partial charge on any atom is 0.230 e. The van der Waals surface area contributed by atoms with Crippen LogP contribution in [0.5, 0.6) is 0 Å². The molecule has 2 saturated heterocycles. The van der Waals surface area contributed by atoms with Gasteiger partial charge in [-0.3, -0.25) is 14.5 Å². The average Bonchev–Trinajstić information content (AvgIpc) is 3.03. The van der Waals surface area contributed by atoms with Crippen molar-refractivity contribution in [1.82, 2.24) is 14.8 Å². The van der Waals surface area contributed by atoms with Crippen LogP contribution in [0.3, 0.4) is 0 Å². The van der Waals surface area contributed by atoms with Gasteiger partial charge in [0, 0.05) is 62.9 Å². The lowest BCUT2D eigenvalue weighted by Gasteiger charge is -2.39. The molecule has 0 aliphatic carbocycles. The first-order chi connectivity index (χ1) is 12.5. The van der Waals surface area contributed by atoms with Crippen molar-refractivity contribution in [2.75, 3.05) is 39.9 Å². The van der Waals surface area contributed by atoms with Crippen molar-refractivity contribution in [3.05, 3.63) is 33.2 Å². The van der Waals surface area contributed by atoms with Gasteiger partial charge in [0.05, 0.1) is 5.41 Å². The van der Waals surface area contributed by atoms with Crippen molar-refractivity contribution < 1.29 is 9.53 Å². The van der Waals surface area contributed by atoms with Gasteiger partial charge in [0.25, 0.3) is 0 Å². The highest BCUT2D eigenvalue weighted by Crippen LogP contribution is 2.40. The molecule has 1 spiro atoms. The van der Waals surface area contributed by atoms with Crippen molar-refractivity contribution in [1.29, 1.82) is 0 Å². The van der Waals surface area contributed by atoms with Crippen molar-refractivity contribution in [2.45, 2.75) is 46.1 Å². The van der Waals surface area contributed by atoms with Gasteiger partial charge in [-0.15, -0.1) is 0 Å². The number of aromatic nitrogens is 1. The van der Waals surface area contributed by atoms with Crippen LogP contribution in [0.4, 0.5) is 0 Å². The SMILES string of the molecule is COCCCN1CCCC2(CCN(Cc3[nH]cc(C)c(=O)c3C)C2)C1=O. The quantitative estimate of drug-likeness (QED) is 0.785. The van der Waals surface area contributed by atoms with Crippen LogP contribution >= 0.6 is 0 Å². The van der Waals surface area contributed by atoms with Crippen LogP contribution in [0.15, 0.2) is 11.0 Å². The highest BCUT2D eigenvalue weighted by atomic mass is 16.5. The largest absolute Gasteiger partial charge is 0.385 e. The number of hydrogen-bond donors (Lipinski definition) is 1. The van der Waals surface area contributed by atoms with E-state index in [0.29, 0.717) is 19.1 Å². The number of H-pyrrole nitrogens is 1. The van der Waals surface area contributed by atoms with E-state index >= 15 is 0 Å². The summed E-state index contributed by atoms with van der Waals surface area (Å²) in [5.41, 5.74) is 2.40. The fourth-order valence-corrected chi connectivity index (χ4v) is 4.43. The van der Waals surface area contributed by atoms with E-state index in [1.807, 2.05) is 18.7 Å². The Hall–Kier alpha value is -1.66. The Morgan fingerprint density at radius 2 is 2.04 bits per heavy atom. The average molecular weight is 361 g/mol. The number of carbonyl (C=O) groups is 1. The molecule has 0 aromatic carbocycles. The molecule has 2 fully saturated rings. The number of carbonyl (C=O) groups excluding carboxylic acids is 1. The van der Waals surface area contributed by atoms with Crippen molar-refractivity contribution in [3.8, 4) is 0 Å². The monoisotopic (exact) mass is 361 g/mol. The molecule has 2 aliphatic heterocycles. The number of nitrogens with zero attached hydrogens (tertiary/aromatic N) is 2. The lowest BCUT2D eigenvalue weighted by atomic mass is 9.78. The molecule has 2 aliphatic rings. The zero-order valence-corrected chi connectivity index (χ0v) is 16.3. The van der Waals surface area contributed by atoms with Gasteiger partial charge in [-0.25, -0.2) is 0 Å². The molecule has 144 valence electrons. The minimum absolute atomic E-state index is 0.116. The molecular formula is C20H31N3O3. The molecule has 0 bridgehead atoms. The maximum atomic E-state index is 13.1. The molecule has 3 rings (SSSR count). The standard InChI is InChI=1S/C20H31N3O3/c1-15-12-21-17(16(2)18(15)24)13-22-10-7-20(14-22)6-4-8-23(19(20)25)9-5-11-26-3/h12H,4-11,13-14H2,1-3H3,(H,21,24). The third-order valence-electron chi connectivity index (χ3n) is 6.03. The molecule has 3 heterocycles. The van der Waals surface area contributed by atoms with Gasteiger partial charge in [0.15, 0.2) is 5.43 Å². The fraction of sp³-hybridized carbons (Fsp3) is 0.700. The number of ether oxygens (including phenoxy) is 1. The second kappa shape index (κ2) is 7.92. The van der Waals surface area contributed by atoms with Gasteiger partial charge >= 0.3 is 0 Å². The zero-order valence-electron chi connectivity index (χ0n) is 16.3. The van der Waals surface area contributed by atoms with Gasteiger partial charge in [-0.05, 0) is 46.1 Å². The van der Waals surface area contributed by atoms with Crippen LogP contribution in [-0.2, 0) is 16.1 Å². The van der Waals surface area contributed by atoms with E-state index in [1.165, 1.54) is 0 Å². The summed E-state index contributed by atoms with van der Waals surface area (Å²) in [6.45, 7) is 8.49. The third-order valence-corrected chi connectivity index (χ3v) is 6.03. The first-order valence-corrected chi connectivity index (χ1v) is 9.65. The summed E-state index contributed by atoms with van der Waals surface area (Å²) >= 11 is 0. The van der Waals surface area contributed by atoms with Gasteiger partial charge in [0.1, 0.15) is 0 Å². The Bertz CT molecular complexity index is 715. The van der Waals surface area contributed by atoms with Crippen LogP contribution in [0.1, 0.15) is 42.5 Å². The second-order valence-electron chi connectivity index (χ2n) is 7.89. The lowest BCUT2D eigenvalue weighted by Crippen LogP contribution is -2.50. The number of rotatable bonds is 6. The number of aromatic amines is 1. The summed E-state index contributed by atoms with van der Waals surface area (Å²) in [5.74, 6) is 0.316. The van der Waals surface area contributed by atoms with E-state index in [4.69, 9.17) is 4.74 Å². The van der Waals surface area contributed by atoms with Crippen LogP contribution in [0, 0.1) is 19.3 Å². The smallest absolute Gasteiger partial charge is 0.230 e. The second-order valence-corrected chi connectivity index (χ2v) is 7.89. The topological polar surface area (TPSA) is 65.6 Å². The van der Waals surface area contributed by atoms with Crippen molar-refractivity contribution in [3.63, 3.8) is 0 Å². The number of amides is 1. The maximum absolute atomic E-state index is 13.1. The molecular weight excluding hydrogens is 330 g/mol. The Morgan fingerprint density at radius 3 is 2.81 bits per heavy atom. The zero-order chi connectivity index (χ0) is 18.7. The number of methoxy groups -OCH3 is 1. The minimum atomic E-state index is -0.232. The van der Waals surface area contributed by atoms with E-state index in [9.17, 15) is 9.59 Å². The molecule has 0 radical (unpaired) electrons. The molecule has 6 nitrogen and oxygen atoms in total.